The van der Waals surface area contributed by atoms with Crippen molar-refractivity contribution in [3.05, 3.63) is 42.0 Å². The van der Waals surface area contributed by atoms with Gasteiger partial charge in [-0.2, -0.15) is 5.10 Å². The van der Waals surface area contributed by atoms with Crippen LogP contribution in [-0.2, 0) is 0 Å². The fraction of sp³-hybridized carbons (Fsp3) is 0.400. The van der Waals surface area contributed by atoms with Crippen LogP contribution in [0.2, 0.25) is 0 Å². The lowest BCUT2D eigenvalue weighted by Gasteiger charge is -2.31. The molecule has 1 N–H and O–H groups in total. The molecule has 122 valence electrons. The Labute approximate surface area is 131 Å². The summed E-state index contributed by atoms with van der Waals surface area (Å²) in [5.74, 6) is 0.411. The maximum Gasteiger partial charge on any atom is 0.279 e. The molecule has 23 heavy (non-hydrogen) atoms. The number of nitrogens with one attached hydrogen (secondary N) is 1. The summed E-state index contributed by atoms with van der Waals surface area (Å²) in [5, 5.41) is 5.85. The maximum atomic E-state index is 12.5. The summed E-state index contributed by atoms with van der Waals surface area (Å²) in [4.78, 5) is 17.8. The van der Waals surface area contributed by atoms with Crippen molar-refractivity contribution in [1.82, 2.24) is 20.1 Å². The van der Waals surface area contributed by atoms with Gasteiger partial charge in [-0.3, -0.25) is 14.9 Å². The molecule has 0 spiro atoms. The van der Waals surface area contributed by atoms with Gasteiger partial charge in [0.25, 0.3) is 12.3 Å². The number of H-pyrrole nitrogens is 1. The zero-order valence-electron chi connectivity index (χ0n) is 12.3. The van der Waals surface area contributed by atoms with Crippen LogP contribution >= 0.6 is 0 Å². The Kier molecular flexibility index (Phi) is 4.50. The first-order chi connectivity index (χ1) is 11.1. The molecule has 1 amide bonds. The van der Waals surface area contributed by atoms with E-state index in [0.717, 1.165) is 11.8 Å². The summed E-state index contributed by atoms with van der Waals surface area (Å²) < 4.78 is 30.9. The van der Waals surface area contributed by atoms with Crippen LogP contribution in [0.3, 0.4) is 0 Å². The van der Waals surface area contributed by atoms with Crippen molar-refractivity contribution in [1.29, 1.82) is 0 Å². The third-order valence-corrected chi connectivity index (χ3v) is 3.73. The van der Waals surface area contributed by atoms with Crippen molar-refractivity contribution in [3.8, 4) is 5.75 Å². The summed E-state index contributed by atoms with van der Waals surface area (Å²) in [6.07, 6.45) is 2.04. The number of aromatic amines is 1. The summed E-state index contributed by atoms with van der Waals surface area (Å²) in [7, 11) is 0. The molecule has 8 heteroatoms. The number of carbonyl (C=O) groups is 1. The molecule has 0 radical (unpaired) electrons. The van der Waals surface area contributed by atoms with Gasteiger partial charge in [0.2, 0.25) is 0 Å². The van der Waals surface area contributed by atoms with Crippen molar-refractivity contribution in [2.75, 3.05) is 13.1 Å². The van der Waals surface area contributed by atoms with Crippen molar-refractivity contribution in [3.63, 3.8) is 0 Å². The standard InChI is InChI=1S/C15H16F2N4O2/c16-14(17)12-9-13(20-19-12)15(22)21-7-3-11(4-8-21)23-10-1-5-18-6-2-10/h1-2,5-6,9,11,14H,3-4,7-8H2,(H,19,20). The van der Waals surface area contributed by atoms with E-state index in [0.29, 0.717) is 25.9 Å². The van der Waals surface area contributed by atoms with E-state index in [1.54, 1.807) is 29.4 Å². The minimum Gasteiger partial charge on any atom is -0.490 e. The topological polar surface area (TPSA) is 71.1 Å². The van der Waals surface area contributed by atoms with E-state index in [1.807, 2.05) is 0 Å². The predicted molar refractivity (Wildman–Crippen MR) is 77.3 cm³/mol. The largest absolute Gasteiger partial charge is 0.490 e. The molecule has 1 saturated heterocycles. The van der Waals surface area contributed by atoms with Gasteiger partial charge in [0.1, 0.15) is 17.5 Å². The minimum absolute atomic E-state index is 0.0220. The molecule has 2 aromatic rings. The van der Waals surface area contributed by atoms with E-state index in [2.05, 4.69) is 15.2 Å². The molecule has 0 atom stereocenters. The van der Waals surface area contributed by atoms with Crippen molar-refractivity contribution in [2.24, 2.45) is 0 Å². The van der Waals surface area contributed by atoms with Gasteiger partial charge in [-0.15, -0.1) is 0 Å². The normalized spacial score (nSPS) is 15.9. The number of nitrogens with zero attached hydrogens (tertiary/aromatic N) is 3. The van der Waals surface area contributed by atoms with Crippen LogP contribution in [0, 0.1) is 0 Å². The molecular formula is C15H16F2N4O2. The van der Waals surface area contributed by atoms with Gasteiger partial charge in [-0.05, 0) is 18.2 Å². The number of alkyl halides is 2. The number of amides is 1. The van der Waals surface area contributed by atoms with E-state index >= 15 is 0 Å². The van der Waals surface area contributed by atoms with Crippen molar-refractivity contribution < 1.29 is 18.3 Å². The van der Waals surface area contributed by atoms with E-state index in [1.165, 1.54) is 0 Å². The van der Waals surface area contributed by atoms with Crippen LogP contribution in [0.4, 0.5) is 8.78 Å². The molecule has 3 rings (SSSR count). The first-order valence-corrected chi connectivity index (χ1v) is 7.33. The molecule has 0 bridgehead atoms. The SMILES string of the molecule is O=C(c1cc(C(F)F)[nH]n1)N1CCC(Oc2ccncc2)CC1. The first-order valence-electron chi connectivity index (χ1n) is 7.33. The minimum atomic E-state index is -2.66. The van der Waals surface area contributed by atoms with Gasteiger partial charge < -0.3 is 9.64 Å². The van der Waals surface area contributed by atoms with E-state index in [-0.39, 0.29) is 23.4 Å². The maximum absolute atomic E-state index is 12.5. The van der Waals surface area contributed by atoms with Crippen LogP contribution in [0.5, 0.6) is 5.75 Å². The highest BCUT2D eigenvalue weighted by molar-refractivity contribution is 5.92. The lowest BCUT2D eigenvalue weighted by atomic mass is 10.1. The van der Waals surface area contributed by atoms with E-state index < -0.39 is 6.43 Å². The second-order valence-corrected chi connectivity index (χ2v) is 5.30. The van der Waals surface area contributed by atoms with Gasteiger partial charge in [0, 0.05) is 38.3 Å². The smallest absolute Gasteiger partial charge is 0.279 e. The number of aromatic nitrogens is 3. The van der Waals surface area contributed by atoms with Gasteiger partial charge >= 0.3 is 0 Å². The van der Waals surface area contributed by atoms with Gasteiger partial charge in [0.05, 0.1) is 0 Å². The summed E-state index contributed by atoms with van der Waals surface area (Å²) in [5.41, 5.74) is -0.321. The molecule has 1 fully saturated rings. The van der Waals surface area contributed by atoms with Gasteiger partial charge in [-0.1, -0.05) is 0 Å². The number of hydrogen-bond acceptors (Lipinski definition) is 4. The Balaban J connectivity index is 1.54. The monoisotopic (exact) mass is 322 g/mol. The molecule has 2 aromatic heterocycles. The average molecular weight is 322 g/mol. The lowest BCUT2D eigenvalue weighted by molar-refractivity contribution is 0.0590. The fourth-order valence-electron chi connectivity index (χ4n) is 2.51. The Bertz CT molecular complexity index is 655. The second kappa shape index (κ2) is 6.72. The number of likely N-dealkylation sites (tertiary alicyclic amines) is 1. The van der Waals surface area contributed by atoms with Crippen LogP contribution < -0.4 is 4.74 Å². The first kappa shape index (κ1) is 15.4. The summed E-state index contributed by atoms with van der Waals surface area (Å²) in [6, 6.07) is 4.67. The van der Waals surface area contributed by atoms with E-state index in [9.17, 15) is 13.6 Å². The van der Waals surface area contributed by atoms with Crippen LogP contribution in [0.15, 0.2) is 30.6 Å². The molecule has 0 saturated carbocycles. The Morgan fingerprint density at radius 3 is 2.61 bits per heavy atom. The van der Waals surface area contributed by atoms with E-state index in [4.69, 9.17) is 4.74 Å². The summed E-state index contributed by atoms with van der Waals surface area (Å²) in [6.45, 7) is 1.01. The lowest BCUT2D eigenvalue weighted by Crippen LogP contribution is -2.41. The summed E-state index contributed by atoms with van der Waals surface area (Å²) >= 11 is 0. The third kappa shape index (κ3) is 3.64. The molecule has 0 unspecified atom stereocenters. The van der Waals surface area contributed by atoms with Crippen LogP contribution in [0.25, 0.3) is 0 Å². The quantitative estimate of drug-likeness (QED) is 0.938. The van der Waals surface area contributed by atoms with Crippen LogP contribution in [0.1, 0.15) is 35.4 Å². The number of carbonyl (C=O) groups excluding carboxylic acids is 1. The zero-order valence-corrected chi connectivity index (χ0v) is 12.3. The number of hydrogen-bond donors (Lipinski definition) is 1. The highest BCUT2D eigenvalue weighted by Gasteiger charge is 2.26. The highest BCUT2D eigenvalue weighted by Crippen LogP contribution is 2.21. The zero-order chi connectivity index (χ0) is 16.2. The number of piperidine rings is 1. The Morgan fingerprint density at radius 2 is 2.00 bits per heavy atom. The molecule has 3 heterocycles. The molecule has 1 aliphatic rings. The second-order valence-electron chi connectivity index (χ2n) is 5.30. The molecule has 1 aliphatic heterocycles. The Morgan fingerprint density at radius 1 is 1.30 bits per heavy atom. The number of pyridine rings is 1. The number of rotatable bonds is 4. The van der Waals surface area contributed by atoms with Gasteiger partial charge in [0.15, 0.2) is 5.69 Å². The highest BCUT2D eigenvalue weighted by atomic mass is 19.3. The molecular weight excluding hydrogens is 306 g/mol. The fourth-order valence-corrected chi connectivity index (χ4v) is 2.51. The average Bonchev–Trinajstić information content (AvgIpc) is 3.06. The van der Waals surface area contributed by atoms with Gasteiger partial charge in [-0.25, -0.2) is 8.78 Å². The van der Waals surface area contributed by atoms with Crippen molar-refractivity contribution >= 4 is 5.91 Å². The Hall–Kier alpha value is -2.51. The molecule has 0 aromatic carbocycles. The predicted octanol–water partition coefficient (Wildman–Crippen LogP) is 2.43. The number of ether oxygens (including phenoxy) is 1. The molecule has 0 aliphatic carbocycles. The third-order valence-electron chi connectivity index (χ3n) is 3.73. The van der Waals surface area contributed by atoms with Crippen LogP contribution in [-0.4, -0.2) is 45.2 Å². The van der Waals surface area contributed by atoms with Crippen molar-refractivity contribution in [2.45, 2.75) is 25.4 Å². The molecule has 6 nitrogen and oxygen atoms in total. The number of halogens is 2.